The van der Waals surface area contributed by atoms with Gasteiger partial charge >= 0.3 is 0 Å². The Morgan fingerprint density at radius 2 is 1.79 bits per heavy atom. The second kappa shape index (κ2) is 12.6. The Morgan fingerprint density at radius 3 is 2.38 bits per heavy atom. The molecule has 0 amide bonds. The van der Waals surface area contributed by atoms with Crippen LogP contribution >= 0.6 is 11.6 Å². The number of methoxy groups -OCH3 is 2. The molecule has 2 aromatic carbocycles. The Labute approximate surface area is 249 Å². The van der Waals surface area contributed by atoms with Crippen molar-refractivity contribution in [2.45, 2.75) is 31.2 Å². The van der Waals surface area contributed by atoms with Crippen molar-refractivity contribution in [3.05, 3.63) is 70.6 Å². The predicted octanol–water partition coefficient (Wildman–Crippen LogP) is 5.73. The van der Waals surface area contributed by atoms with E-state index in [0.717, 1.165) is 31.5 Å². The van der Waals surface area contributed by atoms with Gasteiger partial charge in [0.15, 0.2) is 10.7 Å². The van der Waals surface area contributed by atoms with Crippen LogP contribution in [0.2, 0.25) is 5.02 Å². The SMILES string of the molecule is CCC1(CCN(C)C)CN(c2cc(F)c(S(=O)(=O)N(Cc3ccc(OC)cc3OC)c3cccc(F)n3)c(F)c2Cl)C1. The quantitative estimate of drug-likeness (QED) is 0.188. The molecule has 13 heteroatoms. The molecule has 1 fully saturated rings. The zero-order valence-corrected chi connectivity index (χ0v) is 25.7. The van der Waals surface area contributed by atoms with E-state index in [0.29, 0.717) is 28.7 Å². The van der Waals surface area contributed by atoms with E-state index < -0.39 is 44.1 Å². The van der Waals surface area contributed by atoms with Gasteiger partial charge in [-0.2, -0.15) is 4.39 Å². The first-order valence-corrected chi connectivity index (χ1v) is 15.1. The minimum atomic E-state index is -5.01. The molecule has 0 aliphatic carbocycles. The minimum Gasteiger partial charge on any atom is -0.497 e. The van der Waals surface area contributed by atoms with Crippen molar-refractivity contribution in [3.8, 4) is 11.5 Å². The Bertz CT molecular complexity index is 1550. The molecule has 4 rings (SSSR count). The summed E-state index contributed by atoms with van der Waals surface area (Å²) in [5, 5.41) is -0.513. The van der Waals surface area contributed by atoms with Crippen LogP contribution < -0.4 is 18.7 Å². The number of nitrogens with zero attached hydrogens (tertiary/aromatic N) is 4. The van der Waals surface area contributed by atoms with Gasteiger partial charge in [0, 0.05) is 36.2 Å². The van der Waals surface area contributed by atoms with Crippen LogP contribution in [0, 0.1) is 23.0 Å². The average molecular weight is 627 g/mol. The van der Waals surface area contributed by atoms with Gasteiger partial charge in [0.1, 0.15) is 28.2 Å². The first kappa shape index (κ1) is 31.7. The van der Waals surface area contributed by atoms with E-state index >= 15 is 8.78 Å². The molecule has 1 saturated heterocycles. The van der Waals surface area contributed by atoms with Crippen molar-refractivity contribution >= 4 is 33.1 Å². The van der Waals surface area contributed by atoms with Gasteiger partial charge < -0.3 is 19.3 Å². The molecule has 1 aliphatic rings. The molecule has 0 spiro atoms. The monoisotopic (exact) mass is 626 g/mol. The Hall–Kier alpha value is -3.22. The zero-order valence-electron chi connectivity index (χ0n) is 24.1. The fourth-order valence-corrected chi connectivity index (χ4v) is 6.89. The number of pyridine rings is 1. The largest absolute Gasteiger partial charge is 0.497 e. The van der Waals surface area contributed by atoms with Crippen molar-refractivity contribution in [2.24, 2.45) is 5.41 Å². The van der Waals surface area contributed by atoms with Gasteiger partial charge in [-0.05, 0) is 57.7 Å². The smallest absolute Gasteiger partial charge is 0.271 e. The molecular weight excluding hydrogens is 593 g/mol. The lowest BCUT2D eigenvalue weighted by atomic mass is 9.74. The number of rotatable bonds is 12. The van der Waals surface area contributed by atoms with Gasteiger partial charge in [-0.15, -0.1) is 0 Å². The molecule has 0 radical (unpaired) electrons. The van der Waals surface area contributed by atoms with Gasteiger partial charge in [-0.25, -0.2) is 26.5 Å². The van der Waals surface area contributed by atoms with Crippen LogP contribution in [0.1, 0.15) is 25.3 Å². The number of aromatic nitrogens is 1. The number of hydrogen-bond donors (Lipinski definition) is 0. The Kier molecular flexibility index (Phi) is 9.49. The third kappa shape index (κ3) is 6.25. The molecular formula is C29H34ClF3N4O4S. The number of ether oxygens (including phenoxy) is 2. The Balaban J connectivity index is 1.75. The van der Waals surface area contributed by atoms with Crippen LogP contribution in [-0.4, -0.2) is 66.3 Å². The number of sulfonamides is 1. The molecule has 0 atom stereocenters. The summed E-state index contributed by atoms with van der Waals surface area (Å²) < 4.78 is 84.8. The first-order chi connectivity index (χ1) is 19.9. The summed E-state index contributed by atoms with van der Waals surface area (Å²) in [4.78, 5) is 6.25. The van der Waals surface area contributed by atoms with Crippen molar-refractivity contribution in [1.29, 1.82) is 0 Å². The van der Waals surface area contributed by atoms with E-state index in [4.69, 9.17) is 21.1 Å². The van der Waals surface area contributed by atoms with Crippen molar-refractivity contribution < 1.29 is 31.1 Å². The average Bonchev–Trinajstić information content (AvgIpc) is 2.93. The highest BCUT2D eigenvalue weighted by Gasteiger charge is 2.43. The number of benzene rings is 2. The summed E-state index contributed by atoms with van der Waals surface area (Å²) in [6, 6.07) is 9.05. The minimum absolute atomic E-state index is 0.0391. The van der Waals surface area contributed by atoms with Gasteiger partial charge in [0.25, 0.3) is 10.0 Å². The van der Waals surface area contributed by atoms with Crippen LogP contribution in [0.25, 0.3) is 0 Å². The molecule has 0 N–H and O–H groups in total. The van der Waals surface area contributed by atoms with Crippen LogP contribution in [0.15, 0.2) is 47.4 Å². The van der Waals surface area contributed by atoms with E-state index in [9.17, 15) is 12.8 Å². The summed E-state index contributed by atoms with van der Waals surface area (Å²) in [6.45, 7) is 3.50. The molecule has 2 heterocycles. The van der Waals surface area contributed by atoms with E-state index in [1.165, 1.54) is 38.5 Å². The number of halogens is 4. The zero-order chi connectivity index (χ0) is 30.8. The number of anilines is 2. The fourth-order valence-electron chi connectivity index (χ4n) is 5.06. The summed E-state index contributed by atoms with van der Waals surface area (Å²) in [5.74, 6) is -3.44. The lowest BCUT2D eigenvalue weighted by Crippen LogP contribution is -2.57. The predicted molar refractivity (Wildman–Crippen MR) is 157 cm³/mol. The maximum absolute atomic E-state index is 15.9. The van der Waals surface area contributed by atoms with Crippen molar-refractivity contribution in [1.82, 2.24) is 9.88 Å². The van der Waals surface area contributed by atoms with E-state index in [1.54, 1.807) is 11.0 Å². The fraction of sp³-hybridized carbons (Fsp3) is 0.414. The molecule has 228 valence electrons. The summed E-state index contributed by atoms with van der Waals surface area (Å²) >= 11 is 6.38. The highest BCUT2D eigenvalue weighted by Crippen LogP contribution is 2.45. The summed E-state index contributed by atoms with van der Waals surface area (Å²) in [5.41, 5.74) is 0.347. The molecule has 8 nitrogen and oxygen atoms in total. The third-order valence-corrected chi connectivity index (χ3v) is 9.79. The van der Waals surface area contributed by atoms with E-state index in [2.05, 4.69) is 16.8 Å². The highest BCUT2D eigenvalue weighted by atomic mass is 35.5. The standard InChI is InChI=1S/C29H34ClF3N4O4S/c1-6-29(12-13-35(2)3)17-36(18-29)22-15-21(31)28(27(33)26(22)30)42(38,39)37(25-9-7-8-24(32)34-25)16-19-10-11-20(40-4)14-23(19)41-5/h7-11,14-15H,6,12-13,16-18H2,1-5H3. The van der Waals surface area contributed by atoms with Crippen LogP contribution in [-0.2, 0) is 16.6 Å². The van der Waals surface area contributed by atoms with E-state index in [1.807, 2.05) is 14.1 Å². The molecule has 0 unspecified atom stereocenters. The first-order valence-electron chi connectivity index (χ1n) is 13.3. The van der Waals surface area contributed by atoms with E-state index in [-0.39, 0.29) is 22.7 Å². The van der Waals surface area contributed by atoms with Crippen molar-refractivity contribution in [3.63, 3.8) is 0 Å². The highest BCUT2D eigenvalue weighted by molar-refractivity contribution is 7.92. The lowest BCUT2D eigenvalue weighted by Gasteiger charge is -2.52. The number of hydrogen-bond acceptors (Lipinski definition) is 7. The topological polar surface area (TPSA) is 75.2 Å². The second-order valence-electron chi connectivity index (χ2n) is 10.6. The van der Waals surface area contributed by atoms with Gasteiger partial charge in [-0.1, -0.05) is 24.6 Å². The molecule has 0 saturated carbocycles. The second-order valence-corrected chi connectivity index (χ2v) is 12.8. The normalized spacial score (nSPS) is 14.6. The summed E-state index contributed by atoms with van der Waals surface area (Å²) in [6.07, 6.45) is 1.77. The third-order valence-electron chi connectivity index (χ3n) is 7.64. The molecule has 1 aliphatic heterocycles. The molecule has 0 bridgehead atoms. The maximum atomic E-state index is 15.9. The van der Waals surface area contributed by atoms with Crippen LogP contribution in [0.5, 0.6) is 11.5 Å². The molecule has 42 heavy (non-hydrogen) atoms. The molecule has 3 aromatic rings. The van der Waals surface area contributed by atoms with Crippen LogP contribution in [0.3, 0.4) is 0 Å². The van der Waals surface area contributed by atoms with Crippen LogP contribution in [0.4, 0.5) is 24.7 Å². The van der Waals surface area contributed by atoms with Crippen molar-refractivity contribution in [2.75, 3.05) is 57.2 Å². The maximum Gasteiger partial charge on any atom is 0.271 e. The summed E-state index contributed by atoms with van der Waals surface area (Å²) in [7, 11) is 1.77. The lowest BCUT2D eigenvalue weighted by molar-refractivity contribution is 0.164. The van der Waals surface area contributed by atoms with Gasteiger partial charge in [-0.3, -0.25) is 0 Å². The molecule has 1 aromatic heterocycles. The van der Waals surface area contributed by atoms with Gasteiger partial charge in [0.05, 0.1) is 26.5 Å². The van der Waals surface area contributed by atoms with Gasteiger partial charge in [0.2, 0.25) is 5.95 Å². The Morgan fingerprint density at radius 1 is 1.07 bits per heavy atom.